The number of unbranched alkanes of at least 4 members (excludes halogenated alkanes) is 9. The number of carboxylic acids is 1. The highest BCUT2D eigenvalue weighted by Crippen LogP contribution is 2.34. The maximum Gasteiger partial charge on any atom is 0.416 e. The van der Waals surface area contributed by atoms with E-state index in [2.05, 4.69) is 6.92 Å². The van der Waals surface area contributed by atoms with E-state index in [9.17, 15) is 18.0 Å². The zero-order valence-corrected chi connectivity index (χ0v) is 23.9. The van der Waals surface area contributed by atoms with Crippen LogP contribution in [0.2, 0.25) is 0 Å². The van der Waals surface area contributed by atoms with E-state index in [0.29, 0.717) is 6.61 Å². The molecule has 1 N–H and O–H groups in total. The van der Waals surface area contributed by atoms with Crippen molar-refractivity contribution in [1.29, 1.82) is 0 Å². The average molecular weight is 574 g/mol. The molecule has 3 aromatic carbocycles. The van der Waals surface area contributed by atoms with E-state index in [1.807, 2.05) is 36.4 Å². The number of ether oxygens (including phenoxy) is 1. The van der Waals surface area contributed by atoms with Crippen molar-refractivity contribution >= 4 is 16.7 Å². The molecule has 41 heavy (non-hydrogen) atoms. The molecule has 0 unspecified atom stereocenters. The number of hydrogen-bond donors (Lipinski definition) is 1. The Morgan fingerprint density at radius 1 is 0.756 bits per heavy atom. The molecule has 0 fully saturated rings. The molecular formula is C33H42F3NO4. The first kappa shape index (κ1) is 32.4. The third-order valence-corrected chi connectivity index (χ3v) is 7.12. The van der Waals surface area contributed by atoms with E-state index >= 15 is 0 Å². The molecule has 0 radical (unpaired) electrons. The van der Waals surface area contributed by atoms with Crippen LogP contribution in [0.15, 0.2) is 60.7 Å². The number of carboxylic acid groups (broad SMARTS) is 1. The van der Waals surface area contributed by atoms with Crippen LogP contribution in [0.4, 0.5) is 13.2 Å². The van der Waals surface area contributed by atoms with Gasteiger partial charge in [-0.25, -0.2) is 4.79 Å². The van der Waals surface area contributed by atoms with Gasteiger partial charge in [-0.05, 0) is 35.1 Å². The normalized spacial score (nSPS) is 11.8. The van der Waals surface area contributed by atoms with Gasteiger partial charge in [-0.1, -0.05) is 113 Å². The number of hydrogen-bond acceptors (Lipinski definition) is 4. The first-order chi connectivity index (χ1) is 19.8. The summed E-state index contributed by atoms with van der Waals surface area (Å²) in [6, 6.07) is 16.7. The third kappa shape index (κ3) is 11.0. The van der Waals surface area contributed by atoms with E-state index < -0.39 is 24.3 Å². The molecule has 0 aromatic heterocycles. The average Bonchev–Trinajstić information content (AvgIpc) is 2.95. The molecule has 0 aliphatic rings. The molecule has 3 aromatic rings. The predicted octanol–water partition coefficient (Wildman–Crippen LogP) is 9.18. The number of rotatable bonds is 19. The second kappa shape index (κ2) is 17.0. The van der Waals surface area contributed by atoms with Crippen LogP contribution in [-0.2, 0) is 28.9 Å². The van der Waals surface area contributed by atoms with Crippen LogP contribution in [0.5, 0.6) is 5.75 Å². The van der Waals surface area contributed by atoms with Gasteiger partial charge in [-0.3, -0.25) is 4.84 Å². The Bertz CT molecular complexity index is 1210. The highest BCUT2D eigenvalue weighted by atomic mass is 19.4. The molecule has 0 spiro atoms. The van der Waals surface area contributed by atoms with Gasteiger partial charge in [0.25, 0.3) is 0 Å². The van der Waals surface area contributed by atoms with Gasteiger partial charge in [0.05, 0.1) is 25.3 Å². The third-order valence-electron chi connectivity index (χ3n) is 7.12. The molecule has 0 saturated heterocycles. The van der Waals surface area contributed by atoms with Gasteiger partial charge in [0, 0.05) is 5.39 Å². The highest BCUT2D eigenvalue weighted by Gasteiger charge is 2.33. The van der Waals surface area contributed by atoms with Crippen LogP contribution in [0.1, 0.15) is 87.8 Å². The van der Waals surface area contributed by atoms with E-state index in [1.165, 1.54) is 74.6 Å². The Kier molecular flexibility index (Phi) is 13.4. The molecule has 0 amide bonds. The van der Waals surface area contributed by atoms with E-state index in [-0.39, 0.29) is 18.7 Å². The van der Waals surface area contributed by atoms with E-state index in [1.54, 1.807) is 0 Å². The summed E-state index contributed by atoms with van der Waals surface area (Å²) in [5, 5.41) is 12.2. The van der Waals surface area contributed by atoms with Crippen molar-refractivity contribution in [3.63, 3.8) is 0 Å². The molecule has 5 nitrogen and oxygen atoms in total. The van der Waals surface area contributed by atoms with Crippen LogP contribution < -0.4 is 4.74 Å². The summed E-state index contributed by atoms with van der Waals surface area (Å²) in [4.78, 5) is 16.6. The first-order valence-electron chi connectivity index (χ1n) is 14.7. The Balaban J connectivity index is 1.63. The minimum atomic E-state index is -4.53. The SMILES string of the molecule is CCCCCCCCCCCCOc1ccc(CN(Cc2ccccc2C(F)(F)F)OCC(=O)O)c2ccccc12. The van der Waals surface area contributed by atoms with Crippen LogP contribution in [-0.4, -0.2) is 29.4 Å². The number of fused-ring (bicyclic) bond motifs is 1. The lowest BCUT2D eigenvalue weighted by Crippen LogP contribution is -2.27. The smallest absolute Gasteiger partial charge is 0.416 e. The summed E-state index contributed by atoms with van der Waals surface area (Å²) >= 11 is 0. The van der Waals surface area contributed by atoms with Gasteiger partial charge in [-0.2, -0.15) is 18.2 Å². The molecule has 224 valence electrons. The van der Waals surface area contributed by atoms with Crippen molar-refractivity contribution < 1.29 is 32.6 Å². The summed E-state index contributed by atoms with van der Waals surface area (Å²) in [5.41, 5.74) is 0.0254. The Labute approximate surface area is 241 Å². The van der Waals surface area contributed by atoms with Gasteiger partial charge >= 0.3 is 12.1 Å². The molecule has 0 atom stereocenters. The van der Waals surface area contributed by atoms with Crippen LogP contribution in [0.3, 0.4) is 0 Å². The van der Waals surface area contributed by atoms with Gasteiger partial charge < -0.3 is 9.84 Å². The van der Waals surface area contributed by atoms with Crippen molar-refractivity contribution in [1.82, 2.24) is 5.06 Å². The lowest BCUT2D eigenvalue weighted by atomic mass is 10.0. The minimum Gasteiger partial charge on any atom is -0.493 e. The second-order valence-corrected chi connectivity index (χ2v) is 10.4. The van der Waals surface area contributed by atoms with Gasteiger partial charge in [-0.15, -0.1) is 0 Å². The van der Waals surface area contributed by atoms with Crippen molar-refractivity contribution in [2.45, 2.75) is 90.4 Å². The summed E-state index contributed by atoms with van der Waals surface area (Å²) in [6.45, 7) is 2.06. The van der Waals surface area contributed by atoms with E-state index in [4.69, 9.17) is 14.7 Å². The standard InChI is InChI=1S/C33H42F3NO4/c1-2-3-4-5-6-7-8-9-10-15-22-40-31-21-20-26(28-17-12-13-18-29(28)31)23-37(41-25-32(38)39)24-27-16-11-14-19-30(27)33(34,35)36/h11-14,16-21H,2-10,15,22-25H2,1H3,(H,38,39). The maximum absolute atomic E-state index is 13.6. The number of nitrogens with zero attached hydrogens (tertiary/aromatic N) is 1. The maximum atomic E-state index is 13.6. The zero-order chi connectivity index (χ0) is 29.5. The fourth-order valence-corrected chi connectivity index (χ4v) is 4.98. The van der Waals surface area contributed by atoms with Crippen LogP contribution in [0.25, 0.3) is 10.8 Å². The minimum absolute atomic E-state index is 0.00569. The molecular weight excluding hydrogens is 531 g/mol. The summed E-state index contributed by atoms with van der Waals surface area (Å²) in [5.74, 6) is -0.458. The number of benzene rings is 3. The number of carbonyl (C=O) groups is 1. The molecule has 3 rings (SSSR count). The number of halogens is 3. The Hall–Kier alpha value is -3.10. The number of hydroxylamine groups is 2. The predicted molar refractivity (Wildman–Crippen MR) is 156 cm³/mol. The number of aliphatic carboxylic acids is 1. The van der Waals surface area contributed by atoms with Crippen LogP contribution >= 0.6 is 0 Å². The van der Waals surface area contributed by atoms with E-state index in [0.717, 1.165) is 41.0 Å². The van der Waals surface area contributed by atoms with Crippen molar-refractivity contribution in [2.24, 2.45) is 0 Å². The lowest BCUT2D eigenvalue weighted by Gasteiger charge is -2.24. The second-order valence-electron chi connectivity index (χ2n) is 10.4. The molecule has 0 bridgehead atoms. The molecule has 0 saturated carbocycles. The van der Waals surface area contributed by atoms with Gasteiger partial charge in [0.2, 0.25) is 0 Å². The topological polar surface area (TPSA) is 59.0 Å². The van der Waals surface area contributed by atoms with Crippen molar-refractivity contribution in [3.8, 4) is 5.75 Å². The first-order valence-corrected chi connectivity index (χ1v) is 14.7. The monoisotopic (exact) mass is 573 g/mol. The zero-order valence-electron chi connectivity index (χ0n) is 23.9. The fraction of sp³-hybridized carbons (Fsp3) is 0.485. The summed E-state index contributed by atoms with van der Waals surface area (Å²) in [6.07, 6.45) is 7.95. The van der Waals surface area contributed by atoms with Crippen molar-refractivity contribution in [3.05, 3.63) is 77.4 Å². The quantitative estimate of drug-likeness (QED) is 0.114. The van der Waals surface area contributed by atoms with Crippen molar-refractivity contribution in [2.75, 3.05) is 13.2 Å². The molecule has 8 heteroatoms. The van der Waals surface area contributed by atoms with Gasteiger partial charge in [0.15, 0.2) is 6.61 Å². The highest BCUT2D eigenvalue weighted by molar-refractivity contribution is 5.91. The Morgan fingerprint density at radius 2 is 1.34 bits per heavy atom. The van der Waals surface area contributed by atoms with Crippen LogP contribution in [0, 0.1) is 0 Å². The molecule has 0 aliphatic heterocycles. The molecule has 0 heterocycles. The lowest BCUT2D eigenvalue weighted by molar-refractivity contribution is -0.191. The summed E-state index contributed by atoms with van der Waals surface area (Å²) in [7, 11) is 0. The Morgan fingerprint density at radius 3 is 2.00 bits per heavy atom. The largest absolute Gasteiger partial charge is 0.493 e. The van der Waals surface area contributed by atoms with Gasteiger partial charge in [0.1, 0.15) is 5.75 Å². The number of alkyl halides is 3. The summed E-state index contributed by atoms with van der Waals surface area (Å²) < 4.78 is 46.9. The molecule has 0 aliphatic carbocycles. The fourth-order valence-electron chi connectivity index (χ4n) is 4.98.